The van der Waals surface area contributed by atoms with Gasteiger partial charge in [0.2, 0.25) is 10.0 Å². The van der Waals surface area contributed by atoms with Crippen molar-refractivity contribution in [2.24, 2.45) is 0 Å². The zero-order valence-electron chi connectivity index (χ0n) is 11.3. The molecular formula is C12H16N4O4S. The number of hydrogen-bond donors (Lipinski definition) is 4. The van der Waals surface area contributed by atoms with Crippen LogP contribution in [0.1, 0.15) is 0 Å². The van der Waals surface area contributed by atoms with Crippen LogP contribution in [0.5, 0.6) is 0 Å². The lowest BCUT2D eigenvalue weighted by Crippen LogP contribution is -2.43. The van der Waals surface area contributed by atoms with Crippen molar-refractivity contribution in [1.29, 1.82) is 0 Å². The fourth-order valence-electron chi connectivity index (χ4n) is 2.47. The Bertz CT molecular complexity index is 810. The summed E-state index contributed by atoms with van der Waals surface area (Å²) >= 11 is 0. The second-order valence-corrected chi connectivity index (χ2v) is 6.66. The number of rotatable bonds is 4. The van der Waals surface area contributed by atoms with E-state index in [9.17, 15) is 13.2 Å². The first-order valence-corrected chi connectivity index (χ1v) is 7.96. The van der Waals surface area contributed by atoms with E-state index < -0.39 is 10.0 Å². The highest BCUT2D eigenvalue weighted by atomic mass is 32.2. The van der Waals surface area contributed by atoms with E-state index in [4.69, 9.17) is 4.74 Å². The molecule has 1 aromatic heterocycles. The van der Waals surface area contributed by atoms with Crippen LogP contribution in [0.4, 0.5) is 0 Å². The van der Waals surface area contributed by atoms with Crippen LogP contribution in [-0.4, -0.2) is 50.7 Å². The zero-order valence-corrected chi connectivity index (χ0v) is 12.2. The highest BCUT2D eigenvalue weighted by Crippen LogP contribution is 2.16. The minimum absolute atomic E-state index is 0.104. The molecule has 1 unspecified atom stereocenters. The van der Waals surface area contributed by atoms with Gasteiger partial charge in [0.05, 0.1) is 28.1 Å². The number of ether oxygens (including phenoxy) is 1. The minimum Gasteiger partial charge on any atom is -0.378 e. The van der Waals surface area contributed by atoms with Gasteiger partial charge in [0, 0.05) is 20.2 Å². The molecule has 21 heavy (non-hydrogen) atoms. The van der Waals surface area contributed by atoms with Crippen LogP contribution in [-0.2, 0) is 14.8 Å². The number of aromatic nitrogens is 2. The number of fused-ring (bicyclic) bond motifs is 1. The normalized spacial score (nSPS) is 22.9. The van der Waals surface area contributed by atoms with Gasteiger partial charge in [-0.1, -0.05) is 0 Å². The molecule has 1 aliphatic rings. The predicted molar refractivity (Wildman–Crippen MR) is 76.7 cm³/mol. The third-order valence-corrected chi connectivity index (χ3v) is 5.05. The van der Waals surface area contributed by atoms with E-state index in [0.29, 0.717) is 24.1 Å². The lowest BCUT2D eigenvalue weighted by molar-refractivity contribution is 0.103. The van der Waals surface area contributed by atoms with Crippen molar-refractivity contribution >= 4 is 21.1 Å². The zero-order chi connectivity index (χ0) is 15.0. The number of benzene rings is 1. The summed E-state index contributed by atoms with van der Waals surface area (Å²) in [6, 6.07) is 4.13. The lowest BCUT2D eigenvalue weighted by atomic mass is 10.2. The topological polar surface area (TPSA) is 116 Å². The Morgan fingerprint density at radius 3 is 2.76 bits per heavy atom. The number of methoxy groups -OCH3 is 1. The van der Waals surface area contributed by atoms with Crippen LogP contribution in [0, 0.1) is 0 Å². The lowest BCUT2D eigenvalue weighted by Gasteiger charge is -2.18. The van der Waals surface area contributed by atoms with Crippen molar-refractivity contribution in [3.8, 4) is 0 Å². The SMILES string of the molecule is CO[C@H]1CNCC1NS(=O)(=O)c1ccc2[nH]c(=O)[nH]c2c1. The molecule has 2 aromatic rings. The number of aromatic amines is 2. The van der Waals surface area contributed by atoms with Crippen molar-refractivity contribution in [3.05, 3.63) is 28.7 Å². The molecule has 0 aliphatic carbocycles. The maximum absolute atomic E-state index is 12.4. The number of imidazole rings is 1. The molecule has 1 fully saturated rings. The molecule has 0 spiro atoms. The predicted octanol–water partition coefficient (Wildman–Crippen LogP) is -0.879. The van der Waals surface area contributed by atoms with E-state index in [-0.39, 0.29) is 22.7 Å². The van der Waals surface area contributed by atoms with Gasteiger partial charge in [-0.15, -0.1) is 0 Å². The summed E-state index contributed by atoms with van der Waals surface area (Å²) in [6.45, 7) is 1.12. The van der Waals surface area contributed by atoms with E-state index in [1.807, 2.05) is 0 Å². The number of nitrogens with one attached hydrogen (secondary N) is 4. The summed E-state index contributed by atoms with van der Waals surface area (Å²) in [5.41, 5.74) is 0.652. The molecule has 1 aliphatic heterocycles. The molecule has 9 heteroatoms. The highest BCUT2D eigenvalue weighted by Gasteiger charge is 2.31. The van der Waals surface area contributed by atoms with Crippen molar-refractivity contribution < 1.29 is 13.2 Å². The first kappa shape index (κ1) is 14.3. The summed E-state index contributed by atoms with van der Waals surface area (Å²) in [5, 5.41) is 3.08. The van der Waals surface area contributed by atoms with Crippen molar-refractivity contribution in [2.45, 2.75) is 17.0 Å². The van der Waals surface area contributed by atoms with Gasteiger partial charge in [0.1, 0.15) is 0 Å². The number of sulfonamides is 1. The van der Waals surface area contributed by atoms with E-state index >= 15 is 0 Å². The molecule has 2 atom stereocenters. The van der Waals surface area contributed by atoms with Crippen molar-refractivity contribution in [3.63, 3.8) is 0 Å². The van der Waals surface area contributed by atoms with Gasteiger partial charge in [-0.25, -0.2) is 17.9 Å². The molecule has 8 nitrogen and oxygen atoms in total. The molecule has 0 radical (unpaired) electrons. The van der Waals surface area contributed by atoms with E-state index in [0.717, 1.165) is 0 Å². The Hall–Kier alpha value is -1.68. The molecule has 2 heterocycles. The van der Waals surface area contributed by atoms with Gasteiger partial charge in [-0.3, -0.25) is 0 Å². The first-order chi connectivity index (χ1) is 9.99. The van der Waals surface area contributed by atoms with Gasteiger partial charge in [-0.2, -0.15) is 0 Å². The standard InChI is InChI=1S/C12H16N4O4S/c1-20-11-6-13-5-10(11)16-21(18,19)7-2-3-8-9(4-7)15-12(17)14-8/h2-4,10-11,13,16H,5-6H2,1H3,(H2,14,15,17)/t10?,11-/m0/s1. The second kappa shape index (κ2) is 5.26. The third-order valence-electron chi connectivity index (χ3n) is 3.57. The minimum atomic E-state index is -3.67. The molecule has 1 aromatic carbocycles. The summed E-state index contributed by atoms with van der Waals surface area (Å²) < 4.78 is 32.7. The number of H-pyrrole nitrogens is 2. The Labute approximate surface area is 120 Å². The van der Waals surface area contributed by atoms with Crippen molar-refractivity contribution in [2.75, 3.05) is 20.2 Å². The average molecular weight is 312 g/mol. The number of hydrogen-bond acceptors (Lipinski definition) is 5. The quantitative estimate of drug-likeness (QED) is 0.585. The summed E-state index contributed by atoms with van der Waals surface area (Å²) in [5.74, 6) is 0. The molecule has 4 N–H and O–H groups in total. The Balaban J connectivity index is 1.90. The van der Waals surface area contributed by atoms with Gasteiger partial charge in [-0.05, 0) is 18.2 Å². The van der Waals surface area contributed by atoms with Crippen LogP contribution in [0.2, 0.25) is 0 Å². The fourth-order valence-corrected chi connectivity index (χ4v) is 3.76. The summed E-state index contributed by atoms with van der Waals surface area (Å²) in [7, 11) is -2.12. The largest absolute Gasteiger partial charge is 0.378 e. The van der Waals surface area contributed by atoms with Crippen LogP contribution >= 0.6 is 0 Å². The van der Waals surface area contributed by atoms with E-state index in [1.54, 1.807) is 13.2 Å². The summed E-state index contributed by atoms with van der Waals surface area (Å²) in [4.78, 5) is 16.4. The third kappa shape index (κ3) is 2.72. The van der Waals surface area contributed by atoms with E-state index in [2.05, 4.69) is 20.0 Å². The smallest absolute Gasteiger partial charge is 0.323 e. The van der Waals surface area contributed by atoms with Gasteiger partial charge >= 0.3 is 5.69 Å². The van der Waals surface area contributed by atoms with Crippen LogP contribution < -0.4 is 15.7 Å². The summed E-state index contributed by atoms with van der Waals surface area (Å²) in [6.07, 6.45) is -0.199. The van der Waals surface area contributed by atoms with Gasteiger partial charge in [0.15, 0.2) is 0 Å². The van der Waals surface area contributed by atoms with Crippen LogP contribution in [0.3, 0.4) is 0 Å². The molecule has 1 saturated heterocycles. The Kier molecular flexibility index (Phi) is 3.57. The molecule has 0 amide bonds. The molecule has 114 valence electrons. The second-order valence-electron chi connectivity index (χ2n) is 4.95. The fraction of sp³-hybridized carbons (Fsp3) is 0.417. The molecular weight excluding hydrogens is 296 g/mol. The Morgan fingerprint density at radius 2 is 2.00 bits per heavy atom. The van der Waals surface area contributed by atoms with Crippen LogP contribution in [0.25, 0.3) is 11.0 Å². The van der Waals surface area contributed by atoms with Crippen LogP contribution in [0.15, 0.2) is 27.9 Å². The van der Waals surface area contributed by atoms with Gasteiger partial charge in [0.25, 0.3) is 0 Å². The highest BCUT2D eigenvalue weighted by molar-refractivity contribution is 7.89. The Morgan fingerprint density at radius 1 is 1.24 bits per heavy atom. The van der Waals surface area contributed by atoms with E-state index in [1.165, 1.54) is 12.1 Å². The maximum atomic E-state index is 12.4. The van der Waals surface area contributed by atoms with Gasteiger partial charge < -0.3 is 20.0 Å². The molecule has 0 bridgehead atoms. The van der Waals surface area contributed by atoms with Crippen molar-refractivity contribution in [1.82, 2.24) is 20.0 Å². The maximum Gasteiger partial charge on any atom is 0.323 e. The monoisotopic (exact) mass is 312 g/mol. The molecule has 0 saturated carbocycles. The first-order valence-electron chi connectivity index (χ1n) is 6.47. The average Bonchev–Trinajstić information content (AvgIpc) is 3.01. The molecule has 3 rings (SSSR count).